The van der Waals surface area contributed by atoms with Crippen LogP contribution in [0.2, 0.25) is 0 Å². The van der Waals surface area contributed by atoms with Crippen molar-refractivity contribution in [3.63, 3.8) is 0 Å². The van der Waals surface area contributed by atoms with E-state index in [-0.39, 0.29) is 11.8 Å². The molecule has 0 radical (unpaired) electrons. The molecule has 0 heterocycles. The molecule has 1 saturated carbocycles. The quantitative estimate of drug-likeness (QED) is 0.909. The lowest BCUT2D eigenvalue weighted by Gasteiger charge is -2.23. The zero-order chi connectivity index (χ0) is 16.4. The van der Waals surface area contributed by atoms with Gasteiger partial charge in [0.2, 0.25) is 11.8 Å². The molecule has 2 atom stereocenters. The molecule has 0 spiro atoms. The summed E-state index contributed by atoms with van der Waals surface area (Å²) in [5.74, 6) is -0.456. The third kappa shape index (κ3) is 2.84. The van der Waals surface area contributed by atoms with Gasteiger partial charge in [0.1, 0.15) is 0 Å². The van der Waals surface area contributed by atoms with Gasteiger partial charge in [-0.1, -0.05) is 42.8 Å². The first-order valence-corrected chi connectivity index (χ1v) is 7.87. The number of benzene rings is 2. The maximum Gasteiger partial charge on any atom is 0.248 e. The first-order valence-electron chi connectivity index (χ1n) is 7.87. The Hall–Kier alpha value is -2.62. The summed E-state index contributed by atoms with van der Waals surface area (Å²) in [6.07, 6.45) is 3.00. The van der Waals surface area contributed by atoms with Crippen LogP contribution in [0.4, 0.5) is 0 Å². The van der Waals surface area contributed by atoms with E-state index < -0.39 is 11.8 Å². The van der Waals surface area contributed by atoms with Crippen LogP contribution in [-0.2, 0) is 0 Å². The topological polar surface area (TPSA) is 86.2 Å². The lowest BCUT2D eigenvalue weighted by molar-refractivity contribution is 0.0989. The van der Waals surface area contributed by atoms with Gasteiger partial charge in [-0.25, -0.2) is 0 Å². The third-order valence-corrected chi connectivity index (χ3v) is 4.77. The summed E-state index contributed by atoms with van der Waals surface area (Å²) >= 11 is 0. The summed E-state index contributed by atoms with van der Waals surface area (Å²) in [4.78, 5) is 23.5. The number of nitrogens with two attached hydrogens (primary N) is 2. The summed E-state index contributed by atoms with van der Waals surface area (Å²) in [5, 5.41) is 0. The van der Waals surface area contributed by atoms with Gasteiger partial charge in [-0.05, 0) is 47.9 Å². The third-order valence-electron chi connectivity index (χ3n) is 4.77. The predicted octanol–water partition coefficient (Wildman–Crippen LogP) is 2.94. The van der Waals surface area contributed by atoms with Crippen LogP contribution < -0.4 is 11.5 Å². The molecule has 118 valence electrons. The van der Waals surface area contributed by atoms with Gasteiger partial charge in [-0.3, -0.25) is 9.59 Å². The molecule has 3 rings (SSSR count). The second kappa shape index (κ2) is 6.24. The largest absolute Gasteiger partial charge is 0.366 e. The van der Waals surface area contributed by atoms with Gasteiger partial charge in [0.25, 0.3) is 0 Å². The van der Waals surface area contributed by atoms with Crippen LogP contribution in [0.25, 0.3) is 0 Å². The Morgan fingerprint density at radius 3 is 1.52 bits per heavy atom. The van der Waals surface area contributed by atoms with E-state index in [1.54, 1.807) is 12.1 Å². The Labute approximate surface area is 135 Å². The van der Waals surface area contributed by atoms with Gasteiger partial charge in [-0.15, -0.1) is 0 Å². The Balaban J connectivity index is 2.06. The molecule has 0 aromatic heterocycles. The minimum absolute atomic E-state index is 0.180. The van der Waals surface area contributed by atoms with E-state index in [9.17, 15) is 9.59 Å². The van der Waals surface area contributed by atoms with Crippen molar-refractivity contribution in [1.82, 2.24) is 0 Å². The van der Waals surface area contributed by atoms with Crippen molar-refractivity contribution >= 4 is 11.8 Å². The second-order valence-electron chi connectivity index (χ2n) is 6.05. The van der Waals surface area contributed by atoms with Crippen LogP contribution in [0.5, 0.6) is 0 Å². The van der Waals surface area contributed by atoms with E-state index in [0.29, 0.717) is 11.1 Å². The van der Waals surface area contributed by atoms with Crippen LogP contribution in [0, 0.1) is 0 Å². The molecule has 4 N–H and O–H groups in total. The van der Waals surface area contributed by atoms with E-state index in [0.717, 1.165) is 30.4 Å². The Morgan fingerprint density at radius 2 is 1.13 bits per heavy atom. The molecule has 2 aromatic rings. The molecule has 4 heteroatoms. The fourth-order valence-electron chi connectivity index (χ4n) is 3.79. The molecule has 4 nitrogen and oxygen atoms in total. The predicted molar refractivity (Wildman–Crippen MR) is 89.3 cm³/mol. The minimum atomic E-state index is -0.408. The highest BCUT2D eigenvalue weighted by Gasteiger charge is 2.33. The maximum atomic E-state index is 11.7. The molecule has 1 aliphatic rings. The number of hydrogen-bond acceptors (Lipinski definition) is 2. The van der Waals surface area contributed by atoms with Crippen molar-refractivity contribution in [2.75, 3.05) is 0 Å². The van der Waals surface area contributed by atoms with Gasteiger partial charge in [-0.2, -0.15) is 0 Å². The minimum Gasteiger partial charge on any atom is -0.366 e. The monoisotopic (exact) mass is 308 g/mol. The van der Waals surface area contributed by atoms with Gasteiger partial charge >= 0.3 is 0 Å². The lowest BCUT2D eigenvalue weighted by atomic mass is 9.80. The van der Waals surface area contributed by atoms with Gasteiger partial charge in [0.15, 0.2) is 0 Å². The molecular weight excluding hydrogens is 288 g/mol. The van der Waals surface area contributed by atoms with Crippen molar-refractivity contribution in [2.45, 2.75) is 31.1 Å². The molecule has 0 saturated heterocycles. The number of rotatable bonds is 4. The summed E-state index contributed by atoms with van der Waals surface area (Å²) < 4.78 is 0. The van der Waals surface area contributed by atoms with Gasteiger partial charge < -0.3 is 11.5 Å². The number of amides is 2. The summed E-state index contributed by atoms with van der Waals surface area (Å²) in [7, 11) is 0. The maximum absolute atomic E-state index is 11.7. The fraction of sp³-hybridized carbons (Fsp3) is 0.263. The second-order valence-corrected chi connectivity index (χ2v) is 6.05. The number of primary amides is 2. The lowest BCUT2D eigenvalue weighted by Crippen LogP contribution is -2.19. The normalized spacial score (nSPS) is 20.3. The molecule has 0 bridgehead atoms. The van der Waals surface area contributed by atoms with Gasteiger partial charge in [0, 0.05) is 11.1 Å². The smallest absolute Gasteiger partial charge is 0.248 e. The Kier molecular flexibility index (Phi) is 4.15. The molecule has 2 amide bonds. The van der Waals surface area contributed by atoms with Crippen LogP contribution >= 0.6 is 0 Å². The van der Waals surface area contributed by atoms with E-state index in [1.807, 2.05) is 36.4 Å². The van der Waals surface area contributed by atoms with Crippen molar-refractivity contribution in [2.24, 2.45) is 11.5 Å². The van der Waals surface area contributed by atoms with Crippen molar-refractivity contribution in [3.8, 4) is 0 Å². The molecule has 0 aliphatic heterocycles. The SMILES string of the molecule is NC(=O)c1ccccc1C1CCCC1c1ccccc1C(N)=O. The zero-order valence-corrected chi connectivity index (χ0v) is 12.9. The molecule has 1 fully saturated rings. The van der Waals surface area contributed by atoms with Crippen LogP contribution in [0.1, 0.15) is 62.9 Å². The zero-order valence-electron chi connectivity index (χ0n) is 12.9. The highest BCUT2D eigenvalue weighted by Crippen LogP contribution is 2.47. The molecule has 2 unspecified atom stereocenters. The average Bonchev–Trinajstić information content (AvgIpc) is 3.04. The van der Waals surface area contributed by atoms with Crippen molar-refractivity contribution < 1.29 is 9.59 Å². The number of hydrogen-bond donors (Lipinski definition) is 2. The number of carbonyl (C=O) groups is 2. The van der Waals surface area contributed by atoms with Crippen molar-refractivity contribution in [3.05, 3.63) is 70.8 Å². The van der Waals surface area contributed by atoms with E-state index in [2.05, 4.69) is 0 Å². The van der Waals surface area contributed by atoms with E-state index in [4.69, 9.17) is 11.5 Å². The fourth-order valence-corrected chi connectivity index (χ4v) is 3.79. The number of carbonyl (C=O) groups excluding carboxylic acids is 2. The van der Waals surface area contributed by atoms with E-state index in [1.165, 1.54) is 0 Å². The molecule has 2 aromatic carbocycles. The summed E-state index contributed by atoms with van der Waals surface area (Å²) in [5.41, 5.74) is 14.2. The average molecular weight is 308 g/mol. The summed E-state index contributed by atoms with van der Waals surface area (Å²) in [6.45, 7) is 0. The van der Waals surface area contributed by atoms with Crippen LogP contribution in [0.3, 0.4) is 0 Å². The van der Waals surface area contributed by atoms with Gasteiger partial charge in [0.05, 0.1) is 0 Å². The Morgan fingerprint density at radius 1 is 0.739 bits per heavy atom. The first-order chi connectivity index (χ1) is 11.1. The van der Waals surface area contributed by atoms with Crippen LogP contribution in [-0.4, -0.2) is 11.8 Å². The Bertz CT molecular complexity index is 691. The van der Waals surface area contributed by atoms with Crippen molar-refractivity contribution in [1.29, 1.82) is 0 Å². The van der Waals surface area contributed by atoms with Crippen LogP contribution in [0.15, 0.2) is 48.5 Å². The molecular formula is C19H20N2O2. The molecule has 1 aliphatic carbocycles. The molecule has 23 heavy (non-hydrogen) atoms. The van der Waals surface area contributed by atoms with E-state index >= 15 is 0 Å². The standard InChI is InChI=1S/C19H20N2O2/c20-18(22)16-8-3-1-6-14(16)12-10-5-11-13(12)15-7-2-4-9-17(15)19(21)23/h1-4,6-9,12-13H,5,10-11H2,(H2,20,22)(H2,21,23). The highest BCUT2D eigenvalue weighted by molar-refractivity contribution is 5.95. The highest BCUT2D eigenvalue weighted by atomic mass is 16.1. The first kappa shape index (κ1) is 15.3. The summed E-state index contributed by atoms with van der Waals surface area (Å²) in [6, 6.07) is 15.0.